The second kappa shape index (κ2) is 8.61. The summed E-state index contributed by atoms with van der Waals surface area (Å²) in [5.41, 5.74) is 1.70. The summed E-state index contributed by atoms with van der Waals surface area (Å²) in [6.07, 6.45) is 5.65. The van der Waals surface area contributed by atoms with E-state index < -0.39 is 0 Å². The zero-order valence-electron chi connectivity index (χ0n) is 14.8. The molecule has 0 aromatic heterocycles. The highest BCUT2D eigenvalue weighted by Crippen LogP contribution is 2.28. The molecule has 3 rings (SSSR count). The minimum atomic E-state index is -0.361. The van der Waals surface area contributed by atoms with Crippen LogP contribution in [0.1, 0.15) is 49.3 Å². The minimum absolute atomic E-state index is 0.0562. The fourth-order valence-electron chi connectivity index (χ4n) is 3.67. The van der Waals surface area contributed by atoms with Crippen molar-refractivity contribution in [3.05, 3.63) is 75.8 Å². The van der Waals surface area contributed by atoms with Gasteiger partial charge in [-0.15, -0.1) is 0 Å². The number of hydrogen-bond donors (Lipinski definition) is 1. The van der Waals surface area contributed by atoms with Crippen LogP contribution in [-0.2, 0) is 11.2 Å². The van der Waals surface area contributed by atoms with E-state index in [9.17, 15) is 14.9 Å². The van der Waals surface area contributed by atoms with E-state index in [2.05, 4.69) is 5.32 Å². The number of carbonyl (C=O) groups is 1. The molecule has 1 N–H and O–H groups in total. The summed E-state index contributed by atoms with van der Waals surface area (Å²) in [6.45, 7) is 0. The second-order valence-electron chi connectivity index (χ2n) is 6.90. The van der Waals surface area contributed by atoms with Gasteiger partial charge in [0.25, 0.3) is 5.69 Å². The van der Waals surface area contributed by atoms with Gasteiger partial charge in [0.1, 0.15) is 0 Å². The number of nitro benzene ring substituents is 1. The van der Waals surface area contributed by atoms with Crippen molar-refractivity contribution in [3.63, 3.8) is 0 Å². The monoisotopic (exact) mass is 352 g/mol. The van der Waals surface area contributed by atoms with Crippen LogP contribution in [0.2, 0.25) is 0 Å². The Morgan fingerprint density at radius 1 is 1.04 bits per heavy atom. The Balaban J connectivity index is 1.82. The fraction of sp³-hybridized carbons (Fsp3) is 0.381. The smallest absolute Gasteiger partial charge is 0.272 e. The van der Waals surface area contributed by atoms with Gasteiger partial charge in [-0.1, -0.05) is 67.8 Å². The molecule has 136 valence electrons. The van der Waals surface area contributed by atoms with Gasteiger partial charge in [-0.2, -0.15) is 0 Å². The van der Waals surface area contributed by atoms with Crippen molar-refractivity contribution in [1.82, 2.24) is 5.32 Å². The summed E-state index contributed by atoms with van der Waals surface area (Å²) in [5.74, 6) is 0.123. The first kappa shape index (κ1) is 18.1. The van der Waals surface area contributed by atoms with Crippen LogP contribution in [0.25, 0.3) is 0 Å². The number of benzene rings is 2. The summed E-state index contributed by atoms with van der Waals surface area (Å²) in [7, 11) is 0. The van der Waals surface area contributed by atoms with Crippen LogP contribution in [0, 0.1) is 16.0 Å². The molecule has 0 aliphatic heterocycles. The summed E-state index contributed by atoms with van der Waals surface area (Å²) in [5, 5.41) is 14.5. The molecule has 1 aliphatic carbocycles. The molecule has 26 heavy (non-hydrogen) atoms. The van der Waals surface area contributed by atoms with Crippen molar-refractivity contribution in [3.8, 4) is 0 Å². The van der Waals surface area contributed by atoms with Gasteiger partial charge in [0.05, 0.1) is 11.0 Å². The van der Waals surface area contributed by atoms with E-state index in [4.69, 9.17) is 0 Å². The standard InChI is InChI=1S/C21H24N2O3/c24-21(17-11-5-2-6-12-17)22-19(16-9-3-1-4-10-16)15-18-13-7-8-14-20(18)23(25)26/h1,3-4,7-10,13-14,17,19H,2,5-6,11-12,15H2,(H,22,24). The predicted octanol–water partition coefficient (Wildman–Crippen LogP) is 4.58. The van der Waals surface area contributed by atoms with E-state index >= 15 is 0 Å². The topological polar surface area (TPSA) is 72.2 Å². The van der Waals surface area contributed by atoms with Crippen LogP contribution in [0.4, 0.5) is 5.69 Å². The average molecular weight is 352 g/mol. The second-order valence-corrected chi connectivity index (χ2v) is 6.90. The van der Waals surface area contributed by atoms with Gasteiger partial charge in [-0.05, 0) is 18.4 Å². The molecule has 1 aliphatic rings. The van der Waals surface area contributed by atoms with Crippen LogP contribution in [-0.4, -0.2) is 10.8 Å². The highest BCUT2D eigenvalue weighted by Gasteiger charge is 2.25. The lowest BCUT2D eigenvalue weighted by atomic mass is 9.88. The summed E-state index contributed by atoms with van der Waals surface area (Å²) < 4.78 is 0. The zero-order valence-corrected chi connectivity index (χ0v) is 14.8. The first-order valence-electron chi connectivity index (χ1n) is 9.23. The lowest BCUT2D eigenvalue weighted by Crippen LogP contribution is -2.36. The lowest BCUT2D eigenvalue weighted by Gasteiger charge is -2.25. The molecule has 2 aromatic rings. The van der Waals surface area contributed by atoms with Gasteiger partial charge >= 0.3 is 0 Å². The Hall–Kier alpha value is -2.69. The van der Waals surface area contributed by atoms with Crippen molar-refractivity contribution in [2.45, 2.75) is 44.6 Å². The van der Waals surface area contributed by atoms with Gasteiger partial charge < -0.3 is 5.32 Å². The van der Waals surface area contributed by atoms with Crippen molar-refractivity contribution >= 4 is 11.6 Å². The van der Waals surface area contributed by atoms with Crippen molar-refractivity contribution in [2.75, 3.05) is 0 Å². The van der Waals surface area contributed by atoms with Gasteiger partial charge in [0.15, 0.2) is 0 Å². The first-order chi connectivity index (χ1) is 12.6. The van der Waals surface area contributed by atoms with Crippen LogP contribution >= 0.6 is 0 Å². The Labute approximate surface area is 153 Å². The fourth-order valence-corrected chi connectivity index (χ4v) is 3.67. The maximum atomic E-state index is 12.7. The number of amides is 1. The number of hydrogen-bond acceptors (Lipinski definition) is 3. The molecule has 5 nitrogen and oxygen atoms in total. The Bertz CT molecular complexity index is 755. The highest BCUT2D eigenvalue weighted by atomic mass is 16.6. The Kier molecular flexibility index (Phi) is 6.00. The van der Waals surface area contributed by atoms with Gasteiger partial charge in [-0.3, -0.25) is 14.9 Å². The molecule has 5 heteroatoms. The lowest BCUT2D eigenvalue weighted by molar-refractivity contribution is -0.385. The van der Waals surface area contributed by atoms with E-state index in [1.165, 1.54) is 12.5 Å². The number of rotatable bonds is 6. The van der Waals surface area contributed by atoms with E-state index in [1.807, 2.05) is 30.3 Å². The molecule has 1 atom stereocenters. The van der Waals surface area contributed by atoms with E-state index in [0.717, 1.165) is 31.2 Å². The van der Waals surface area contributed by atoms with Gasteiger partial charge in [0, 0.05) is 24.0 Å². The number of para-hydroxylation sites is 1. The van der Waals surface area contributed by atoms with E-state index in [1.54, 1.807) is 18.2 Å². The molecular formula is C21H24N2O3. The quantitative estimate of drug-likeness (QED) is 0.611. The van der Waals surface area contributed by atoms with Crippen molar-refractivity contribution < 1.29 is 9.72 Å². The molecule has 0 spiro atoms. The predicted molar refractivity (Wildman–Crippen MR) is 101 cm³/mol. The third kappa shape index (κ3) is 4.48. The van der Waals surface area contributed by atoms with Crippen LogP contribution < -0.4 is 5.32 Å². The maximum absolute atomic E-state index is 12.7. The number of nitrogens with one attached hydrogen (secondary N) is 1. The average Bonchev–Trinajstić information content (AvgIpc) is 2.69. The molecule has 2 aromatic carbocycles. The Morgan fingerprint density at radius 3 is 2.38 bits per heavy atom. The van der Waals surface area contributed by atoms with Crippen LogP contribution in [0.5, 0.6) is 0 Å². The van der Waals surface area contributed by atoms with Crippen molar-refractivity contribution in [2.24, 2.45) is 5.92 Å². The maximum Gasteiger partial charge on any atom is 0.272 e. The molecule has 0 saturated heterocycles. The number of carbonyl (C=O) groups excluding carboxylic acids is 1. The first-order valence-corrected chi connectivity index (χ1v) is 9.23. The number of nitro groups is 1. The van der Waals surface area contributed by atoms with Crippen LogP contribution in [0.3, 0.4) is 0 Å². The summed E-state index contributed by atoms with van der Waals surface area (Å²) >= 11 is 0. The third-order valence-electron chi connectivity index (χ3n) is 5.11. The van der Waals surface area contributed by atoms with E-state index in [0.29, 0.717) is 12.0 Å². The molecule has 0 heterocycles. The normalized spacial score (nSPS) is 16.0. The summed E-state index contributed by atoms with van der Waals surface area (Å²) in [4.78, 5) is 23.7. The Morgan fingerprint density at radius 2 is 1.69 bits per heavy atom. The highest BCUT2D eigenvalue weighted by molar-refractivity contribution is 5.79. The van der Waals surface area contributed by atoms with Crippen molar-refractivity contribution in [1.29, 1.82) is 0 Å². The molecule has 1 fully saturated rings. The molecule has 1 amide bonds. The van der Waals surface area contributed by atoms with Crippen LogP contribution in [0.15, 0.2) is 54.6 Å². The minimum Gasteiger partial charge on any atom is -0.349 e. The molecule has 0 radical (unpaired) electrons. The largest absolute Gasteiger partial charge is 0.349 e. The molecule has 0 bridgehead atoms. The molecular weight excluding hydrogens is 328 g/mol. The molecule has 1 saturated carbocycles. The molecule has 1 unspecified atom stereocenters. The summed E-state index contributed by atoms with van der Waals surface area (Å²) in [6, 6.07) is 16.2. The number of nitrogens with zero attached hydrogens (tertiary/aromatic N) is 1. The SMILES string of the molecule is O=C(NC(Cc1ccccc1[N+](=O)[O-])c1ccccc1)C1CCCCC1. The third-order valence-corrected chi connectivity index (χ3v) is 5.11. The van der Waals surface area contributed by atoms with E-state index in [-0.39, 0.29) is 28.5 Å². The van der Waals surface area contributed by atoms with Gasteiger partial charge in [-0.25, -0.2) is 0 Å². The zero-order chi connectivity index (χ0) is 18.4. The van der Waals surface area contributed by atoms with Gasteiger partial charge in [0.2, 0.25) is 5.91 Å².